The van der Waals surface area contributed by atoms with Gasteiger partial charge in [0.05, 0.1) is 11.6 Å². The highest BCUT2D eigenvalue weighted by molar-refractivity contribution is 6.29. The van der Waals surface area contributed by atoms with Crippen LogP contribution in [-0.4, -0.2) is 27.3 Å². The van der Waals surface area contributed by atoms with E-state index in [9.17, 15) is 23.1 Å². The lowest BCUT2D eigenvalue weighted by molar-refractivity contribution is -0.137. The summed E-state index contributed by atoms with van der Waals surface area (Å²) < 4.78 is 37.8. The largest absolute Gasteiger partial charge is 0.465 e. The van der Waals surface area contributed by atoms with Gasteiger partial charge in [-0.25, -0.2) is 9.78 Å². The third kappa shape index (κ3) is 5.33. The number of halogens is 4. The highest BCUT2D eigenvalue weighted by Crippen LogP contribution is 2.29. The maximum atomic E-state index is 12.6. The number of benzene rings is 1. The first-order valence-corrected chi connectivity index (χ1v) is 7.49. The first kappa shape index (κ1) is 19.0. The lowest BCUT2D eigenvalue weighted by Gasteiger charge is -2.23. The summed E-state index contributed by atoms with van der Waals surface area (Å²) in [5, 5.41) is 21.7. The zero-order valence-corrected chi connectivity index (χ0v) is 13.4. The van der Waals surface area contributed by atoms with Gasteiger partial charge in [-0.2, -0.15) is 13.2 Å². The monoisotopic (exact) mass is 374 g/mol. The molecule has 3 N–H and O–H groups in total. The SMILES string of the molecule is O=C(O)NC(Cc1ccc(C(F)(F)F)cc1)C(O)c1ccc(Cl)nc1. The van der Waals surface area contributed by atoms with Crippen molar-refractivity contribution in [3.05, 3.63) is 64.4 Å². The molecule has 0 radical (unpaired) electrons. The Hall–Kier alpha value is -2.32. The lowest BCUT2D eigenvalue weighted by atomic mass is 9.96. The van der Waals surface area contributed by atoms with Crippen LogP contribution in [0.3, 0.4) is 0 Å². The third-order valence-corrected chi connectivity index (χ3v) is 3.74. The van der Waals surface area contributed by atoms with Crippen molar-refractivity contribution < 1.29 is 28.2 Å². The molecule has 2 unspecified atom stereocenters. The number of alkyl halides is 3. The fourth-order valence-electron chi connectivity index (χ4n) is 2.28. The van der Waals surface area contributed by atoms with Crippen molar-refractivity contribution in [1.29, 1.82) is 0 Å². The number of carboxylic acid groups (broad SMARTS) is 1. The van der Waals surface area contributed by atoms with Gasteiger partial charge in [-0.3, -0.25) is 0 Å². The molecule has 0 aliphatic heterocycles. The summed E-state index contributed by atoms with van der Waals surface area (Å²) in [6, 6.07) is 6.25. The molecule has 0 aliphatic rings. The van der Waals surface area contributed by atoms with E-state index >= 15 is 0 Å². The van der Waals surface area contributed by atoms with Crippen LogP contribution in [0.15, 0.2) is 42.6 Å². The highest BCUT2D eigenvalue weighted by atomic mass is 35.5. The predicted molar refractivity (Wildman–Crippen MR) is 84.3 cm³/mol. The summed E-state index contributed by atoms with van der Waals surface area (Å²) >= 11 is 5.67. The first-order valence-electron chi connectivity index (χ1n) is 7.12. The predicted octanol–water partition coefficient (Wildman–Crippen LogP) is 3.67. The topological polar surface area (TPSA) is 82.5 Å². The molecule has 1 amide bonds. The molecule has 1 aromatic carbocycles. The Bertz CT molecular complexity index is 721. The first-order chi connectivity index (χ1) is 11.7. The zero-order chi connectivity index (χ0) is 18.6. The van der Waals surface area contributed by atoms with E-state index in [4.69, 9.17) is 16.7 Å². The molecule has 0 aliphatic carbocycles. The zero-order valence-electron chi connectivity index (χ0n) is 12.7. The molecule has 0 fully saturated rings. The van der Waals surface area contributed by atoms with E-state index in [1.54, 1.807) is 0 Å². The number of aliphatic hydroxyl groups excluding tert-OH is 1. The third-order valence-electron chi connectivity index (χ3n) is 3.52. The van der Waals surface area contributed by atoms with Gasteiger partial charge in [0.1, 0.15) is 11.3 Å². The van der Waals surface area contributed by atoms with Gasteiger partial charge >= 0.3 is 12.3 Å². The van der Waals surface area contributed by atoms with Gasteiger partial charge in [-0.05, 0) is 30.2 Å². The summed E-state index contributed by atoms with van der Waals surface area (Å²) in [6.45, 7) is 0. The number of amides is 1. The van der Waals surface area contributed by atoms with Gasteiger partial charge < -0.3 is 15.5 Å². The molecular formula is C16H14ClF3N2O3. The van der Waals surface area contributed by atoms with Gasteiger partial charge in [0.15, 0.2) is 0 Å². The van der Waals surface area contributed by atoms with Gasteiger partial charge in [0.25, 0.3) is 0 Å². The van der Waals surface area contributed by atoms with Crippen LogP contribution in [-0.2, 0) is 12.6 Å². The van der Waals surface area contributed by atoms with Crippen LogP contribution in [0.25, 0.3) is 0 Å². The van der Waals surface area contributed by atoms with Gasteiger partial charge in [-0.1, -0.05) is 29.8 Å². The molecule has 0 bridgehead atoms. The number of aromatic nitrogens is 1. The lowest BCUT2D eigenvalue weighted by Crippen LogP contribution is -2.40. The molecule has 1 aromatic heterocycles. The number of pyridine rings is 1. The minimum absolute atomic E-state index is 0.00572. The Morgan fingerprint density at radius 2 is 1.84 bits per heavy atom. The molecule has 9 heteroatoms. The molecule has 25 heavy (non-hydrogen) atoms. The Balaban J connectivity index is 2.19. The number of nitrogens with zero attached hydrogens (tertiary/aromatic N) is 1. The van der Waals surface area contributed by atoms with Crippen LogP contribution in [0.4, 0.5) is 18.0 Å². The van der Waals surface area contributed by atoms with Crippen molar-refractivity contribution in [2.45, 2.75) is 24.7 Å². The van der Waals surface area contributed by atoms with Gasteiger partial charge in [-0.15, -0.1) is 0 Å². The van der Waals surface area contributed by atoms with E-state index in [1.165, 1.54) is 30.5 Å². The number of rotatable bonds is 5. The van der Waals surface area contributed by atoms with Crippen LogP contribution in [0.1, 0.15) is 22.8 Å². The molecule has 134 valence electrons. The summed E-state index contributed by atoms with van der Waals surface area (Å²) in [4.78, 5) is 14.8. The van der Waals surface area contributed by atoms with Crippen LogP contribution >= 0.6 is 11.6 Å². The fraction of sp³-hybridized carbons (Fsp3) is 0.250. The van der Waals surface area contributed by atoms with Crippen LogP contribution in [0.2, 0.25) is 5.15 Å². The second-order valence-electron chi connectivity index (χ2n) is 5.31. The number of aliphatic hydroxyl groups is 1. The smallest absolute Gasteiger partial charge is 0.416 e. The Morgan fingerprint density at radius 1 is 1.20 bits per heavy atom. The second-order valence-corrected chi connectivity index (χ2v) is 5.70. The second kappa shape index (κ2) is 7.71. The maximum absolute atomic E-state index is 12.6. The van der Waals surface area contributed by atoms with Gasteiger partial charge in [0, 0.05) is 11.8 Å². The molecule has 0 spiro atoms. The molecule has 1 heterocycles. The van der Waals surface area contributed by atoms with E-state index in [0.717, 1.165) is 12.1 Å². The molecule has 2 atom stereocenters. The normalized spacial score (nSPS) is 14.0. The van der Waals surface area contributed by atoms with Crippen LogP contribution in [0, 0.1) is 0 Å². The van der Waals surface area contributed by atoms with E-state index in [2.05, 4.69) is 10.3 Å². The molecule has 0 saturated heterocycles. The summed E-state index contributed by atoms with van der Waals surface area (Å²) in [5.41, 5.74) is -0.0378. The summed E-state index contributed by atoms with van der Waals surface area (Å²) in [5.74, 6) is 0. The molecular weight excluding hydrogens is 361 g/mol. The average molecular weight is 375 g/mol. The number of hydrogen-bond acceptors (Lipinski definition) is 3. The van der Waals surface area contributed by atoms with E-state index in [-0.39, 0.29) is 11.6 Å². The number of hydrogen-bond donors (Lipinski definition) is 3. The van der Waals surface area contributed by atoms with E-state index in [1.807, 2.05) is 0 Å². The summed E-state index contributed by atoms with van der Waals surface area (Å²) in [7, 11) is 0. The maximum Gasteiger partial charge on any atom is 0.416 e. The van der Waals surface area contributed by atoms with Crippen molar-refractivity contribution in [3.63, 3.8) is 0 Å². The van der Waals surface area contributed by atoms with Crippen molar-refractivity contribution in [2.24, 2.45) is 0 Å². The minimum Gasteiger partial charge on any atom is -0.465 e. The minimum atomic E-state index is -4.45. The van der Waals surface area contributed by atoms with Crippen molar-refractivity contribution in [1.82, 2.24) is 10.3 Å². The number of nitrogens with one attached hydrogen (secondary N) is 1. The van der Waals surface area contributed by atoms with E-state index < -0.39 is 30.0 Å². The highest BCUT2D eigenvalue weighted by Gasteiger charge is 2.30. The fourth-order valence-corrected chi connectivity index (χ4v) is 2.39. The molecule has 2 aromatic rings. The molecule has 0 saturated carbocycles. The quantitative estimate of drug-likeness (QED) is 0.697. The summed E-state index contributed by atoms with van der Waals surface area (Å²) in [6.07, 6.45) is -5.77. The Labute approximate surface area is 146 Å². The van der Waals surface area contributed by atoms with Crippen molar-refractivity contribution in [2.75, 3.05) is 0 Å². The van der Waals surface area contributed by atoms with Gasteiger partial charge in [0.2, 0.25) is 0 Å². The van der Waals surface area contributed by atoms with Crippen LogP contribution in [0.5, 0.6) is 0 Å². The van der Waals surface area contributed by atoms with Crippen molar-refractivity contribution >= 4 is 17.7 Å². The van der Waals surface area contributed by atoms with Crippen molar-refractivity contribution in [3.8, 4) is 0 Å². The number of carbonyl (C=O) groups is 1. The Morgan fingerprint density at radius 3 is 2.32 bits per heavy atom. The Kier molecular flexibility index (Phi) is 5.86. The van der Waals surface area contributed by atoms with E-state index in [0.29, 0.717) is 11.1 Å². The standard InChI is InChI=1S/C16H14ClF3N2O3/c17-13-6-3-10(8-21-13)14(23)12(22-15(24)25)7-9-1-4-11(5-2-9)16(18,19)20/h1-6,8,12,14,22-23H,7H2,(H,24,25). The van der Waals surface area contributed by atoms with Crippen LogP contribution < -0.4 is 5.32 Å². The molecule has 5 nitrogen and oxygen atoms in total. The molecule has 2 rings (SSSR count). The average Bonchev–Trinajstić information content (AvgIpc) is 2.53.